The number of aliphatic hydroxyl groups excluding tert-OH is 1. The van der Waals surface area contributed by atoms with Crippen LogP contribution in [-0.2, 0) is 9.53 Å². The summed E-state index contributed by atoms with van der Waals surface area (Å²) in [7, 11) is 0. The summed E-state index contributed by atoms with van der Waals surface area (Å²) in [6, 6.07) is -1.08. The van der Waals surface area contributed by atoms with Gasteiger partial charge in [0, 0.05) is 0 Å². The predicted octanol–water partition coefficient (Wildman–Crippen LogP) is -0.814. The third-order valence-electron chi connectivity index (χ3n) is 1.58. The van der Waals surface area contributed by atoms with Gasteiger partial charge in [-0.1, -0.05) is 0 Å². The molecule has 5 nitrogen and oxygen atoms in total. The minimum atomic E-state index is -1.11. The van der Waals surface area contributed by atoms with Crippen molar-refractivity contribution in [2.45, 2.75) is 25.5 Å². The molecule has 4 N–H and O–H groups in total. The van der Waals surface area contributed by atoms with E-state index in [1.165, 1.54) is 0 Å². The largest absolute Gasteiger partial charge is 0.480 e. The average molecular weight is 177 g/mol. The van der Waals surface area contributed by atoms with Crippen molar-refractivity contribution in [2.24, 2.45) is 5.73 Å². The lowest BCUT2D eigenvalue weighted by Gasteiger charge is -2.28. The smallest absolute Gasteiger partial charge is 0.323 e. The number of hydrogen-bond acceptors (Lipinski definition) is 4. The van der Waals surface area contributed by atoms with Gasteiger partial charge in [0.2, 0.25) is 0 Å². The van der Waals surface area contributed by atoms with E-state index in [0.717, 1.165) is 0 Å². The summed E-state index contributed by atoms with van der Waals surface area (Å²) in [6.45, 7) is 3.09. The molecule has 0 fully saturated rings. The summed E-state index contributed by atoms with van der Waals surface area (Å²) in [5, 5.41) is 17.0. The normalized spacial score (nSPS) is 14.3. The van der Waals surface area contributed by atoms with Crippen LogP contribution in [0.25, 0.3) is 0 Å². The molecule has 0 aliphatic rings. The fourth-order valence-electron chi connectivity index (χ4n) is 0.696. The molecule has 12 heavy (non-hydrogen) atoms. The SMILES string of the molecule is CC(C)(OCCO)[C@H](N)C(=O)O. The number of hydrogen-bond donors (Lipinski definition) is 3. The maximum absolute atomic E-state index is 10.4. The molecule has 0 saturated carbocycles. The Bertz CT molecular complexity index is 157. The summed E-state index contributed by atoms with van der Waals surface area (Å²) >= 11 is 0. The van der Waals surface area contributed by atoms with Crippen LogP contribution in [-0.4, -0.2) is 41.0 Å². The zero-order valence-electron chi connectivity index (χ0n) is 7.28. The Balaban J connectivity index is 4.08. The average Bonchev–Trinajstić information content (AvgIpc) is 1.99. The fourth-order valence-corrected chi connectivity index (χ4v) is 0.696. The molecule has 0 bridgehead atoms. The molecule has 1 atom stereocenters. The van der Waals surface area contributed by atoms with Crippen molar-refractivity contribution < 1.29 is 19.7 Å². The third kappa shape index (κ3) is 3.17. The lowest BCUT2D eigenvalue weighted by atomic mass is 10.00. The number of ether oxygens (including phenoxy) is 1. The lowest BCUT2D eigenvalue weighted by Crippen LogP contribution is -2.50. The molecular formula is C7H15NO4. The second-order valence-corrected chi connectivity index (χ2v) is 2.99. The number of nitrogens with two attached hydrogens (primary N) is 1. The Morgan fingerprint density at radius 2 is 2.17 bits per heavy atom. The van der Waals surface area contributed by atoms with Crippen molar-refractivity contribution in [3.8, 4) is 0 Å². The zero-order chi connectivity index (χ0) is 9.78. The number of aliphatic hydroxyl groups is 1. The zero-order valence-corrected chi connectivity index (χ0v) is 7.28. The van der Waals surface area contributed by atoms with Crippen LogP contribution in [0.1, 0.15) is 13.8 Å². The van der Waals surface area contributed by atoms with Gasteiger partial charge < -0.3 is 20.7 Å². The van der Waals surface area contributed by atoms with Gasteiger partial charge in [0.1, 0.15) is 6.04 Å². The van der Waals surface area contributed by atoms with E-state index in [2.05, 4.69) is 0 Å². The Labute approximate surface area is 71.1 Å². The molecule has 0 spiro atoms. The molecule has 0 amide bonds. The van der Waals surface area contributed by atoms with Crippen LogP contribution in [0.4, 0.5) is 0 Å². The molecule has 0 saturated heterocycles. The van der Waals surface area contributed by atoms with E-state index in [0.29, 0.717) is 0 Å². The van der Waals surface area contributed by atoms with E-state index >= 15 is 0 Å². The van der Waals surface area contributed by atoms with Crippen molar-refractivity contribution in [3.63, 3.8) is 0 Å². The molecule has 5 heteroatoms. The summed E-state index contributed by atoms with van der Waals surface area (Å²) in [4.78, 5) is 10.4. The van der Waals surface area contributed by atoms with Gasteiger partial charge >= 0.3 is 5.97 Å². The maximum Gasteiger partial charge on any atom is 0.323 e. The van der Waals surface area contributed by atoms with Crippen LogP contribution in [0.3, 0.4) is 0 Å². The van der Waals surface area contributed by atoms with Crippen LogP contribution < -0.4 is 5.73 Å². The maximum atomic E-state index is 10.4. The molecule has 0 aromatic rings. The van der Waals surface area contributed by atoms with E-state index in [1.807, 2.05) is 0 Å². The Kier molecular flexibility index (Phi) is 4.16. The number of aliphatic carboxylic acids is 1. The summed E-state index contributed by atoms with van der Waals surface area (Å²) in [6.07, 6.45) is 0. The van der Waals surface area contributed by atoms with Gasteiger partial charge in [-0.15, -0.1) is 0 Å². The molecule has 0 radical (unpaired) electrons. The van der Waals surface area contributed by atoms with Crippen LogP contribution in [0.2, 0.25) is 0 Å². The van der Waals surface area contributed by atoms with Gasteiger partial charge in [-0.3, -0.25) is 4.79 Å². The lowest BCUT2D eigenvalue weighted by molar-refractivity contribution is -0.147. The molecule has 72 valence electrons. The molecule has 0 unspecified atom stereocenters. The highest BCUT2D eigenvalue weighted by Gasteiger charge is 2.32. The first kappa shape index (κ1) is 11.4. The Morgan fingerprint density at radius 3 is 2.50 bits per heavy atom. The minimum absolute atomic E-state index is 0.0913. The minimum Gasteiger partial charge on any atom is -0.480 e. The highest BCUT2D eigenvalue weighted by Crippen LogP contribution is 2.12. The Morgan fingerprint density at radius 1 is 1.67 bits per heavy atom. The highest BCUT2D eigenvalue weighted by atomic mass is 16.5. The molecule has 0 aliphatic heterocycles. The van der Waals surface area contributed by atoms with Crippen LogP contribution in [0, 0.1) is 0 Å². The third-order valence-corrected chi connectivity index (χ3v) is 1.58. The van der Waals surface area contributed by atoms with Gasteiger partial charge in [-0.05, 0) is 13.8 Å². The second-order valence-electron chi connectivity index (χ2n) is 2.99. The highest BCUT2D eigenvalue weighted by molar-refractivity contribution is 5.74. The molecule has 0 heterocycles. The van der Waals surface area contributed by atoms with Crippen molar-refractivity contribution >= 4 is 5.97 Å². The predicted molar refractivity (Wildman–Crippen MR) is 42.7 cm³/mol. The molecule has 0 aromatic carbocycles. The van der Waals surface area contributed by atoms with Gasteiger partial charge in [-0.25, -0.2) is 0 Å². The van der Waals surface area contributed by atoms with E-state index in [-0.39, 0.29) is 13.2 Å². The second kappa shape index (κ2) is 4.39. The van der Waals surface area contributed by atoms with Gasteiger partial charge in [0.15, 0.2) is 0 Å². The van der Waals surface area contributed by atoms with Gasteiger partial charge in [0.25, 0.3) is 0 Å². The molecule has 0 aliphatic carbocycles. The van der Waals surface area contributed by atoms with E-state index in [4.69, 9.17) is 20.7 Å². The van der Waals surface area contributed by atoms with Gasteiger partial charge in [0.05, 0.1) is 18.8 Å². The van der Waals surface area contributed by atoms with E-state index in [1.54, 1.807) is 13.8 Å². The number of carboxylic acid groups (broad SMARTS) is 1. The summed E-state index contributed by atoms with van der Waals surface area (Å²) in [5.74, 6) is -1.11. The fraction of sp³-hybridized carbons (Fsp3) is 0.857. The number of carbonyl (C=O) groups is 1. The van der Waals surface area contributed by atoms with Gasteiger partial charge in [-0.2, -0.15) is 0 Å². The first-order valence-electron chi connectivity index (χ1n) is 3.65. The first-order chi connectivity index (χ1) is 5.41. The van der Waals surface area contributed by atoms with Crippen molar-refractivity contribution in [3.05, 3.63) is 0 Å². The van der Waals surface area contributed by atoms with E-state index < -0.39 is 17.6 Å². The van der Waals surface area contributed by atoms with E-state index in [9.17, 15) is 4.79 Å². The monoisotopic (exact) mass is 177 g/mol. The number of carboxylic acids is 1. The molecule has 0 rings (SSSR count). The molecular weight excluding hydrogens is 162 g/mol. The van der Waals surface area contributed by atoms with Crippen molar-refractivity contribution in [2.75, 3.05) is 13.2 Å². The summed E-state index contributed by atoms with van der Waals surface area (Å²) in [5.41, 5.74) is 4.38. The Hall–Kier alpha value is -0.650. The standard InChI is InChI=1S/C7H15NO4/c1-7(2,12-4-3-9)5(8)6(10)11/h5,9H,3-4,8H2,1-2H3,(H,10,11)/t5-/m1/s1. The van der Waals surface area contributed by atoms with Crippen LogP contribution >= 0.6 is 0 Å². The number of rotatable bonds is 5. The van der Waals surface area contributed by atoms with Crippen LogP contribution in [0.15, 0.2) is 0 Å². The van der Waals surface area contributed by atoms with Crippen molar-refractivity contribution in [1.29, 1.82) is 0 Å². The molecule has 0 aromatic heterocycles. The topological polar surface area (TPSA) is 92.8 Å². The first-order valence-corrected chi connectivity index (χ1v) is 3.65. The summed E-state index contributed by atoms with van der Waals surface area (Å²) < 4.78 is 5.05. The quantitative estimate of drug-likeness (QED) is 0.510. The van der Waals surface area contributed by atoms with Crippen molar-refractivity contribution in [1.82, 2.24) is 0 Å². The van der Waals surface area contributed by atoms with Crippen LogP contribution in [0.5, 0.6) is 0 Å².